The van der Waals surface area contributed by atoms with Crippen LogP contribution in [0.25, 0.3) is 0 Å². The fourth-order valence-corrected chi connectivity index (χ4v) is 3.76. The van der Waals surface area contributed by atoms with Crippen molar-refractivity contribution in [3.63, 3.8) is 0 Å². The summed E-state index contributed by atoms with van der Waals surface area (Å²) in [6.45, 7) is 0.591. The number of aryl methyl sites for hydroxylation is 1. The first kappa shape index (κ1) is 19.2. The van der Waals surface area contributed by atoms with Crippen LogP contribution in [0, 0.1) is 5.82 Å². The maximum absolute atomic E-state index is 12.9. The summed E-state index contributed by atoms with van der Waals surface area (Å²) in [4.78, 5) is 13.5. The number of hydrogen-bond donors (Lipinski definition) is 1. The third kappa shape index (κ3) is 5.97. The summed E-state index contributed by atoms with van der Waals surface area (Å²) in [6.07, 6.45) is 1.63. The van der Waals surface area contributed by atoms with E-state index < -0.39 is 0 Å². The van der Waals surface area contributed by atoms with Gasteiger partial charge in [-0.3, -0.25) is 4.79 Å². The van der Waals surface area contributed by atoms with Gasteiger partial charge in [0.25, 0.3) is 5.91 Å². The van der Waals surface area contributed by atoms with Crippen LogP contribution in [0.4, 0.5) is 4.39 Å². The Bertz CT molecular complexity index is 865. The van der Waals surface area contributed by atoms with E-state index in [4.69, 9.17) is 0 Å². The number of nitrogens with one attached hydrogen (secondary N) is 1. The van der Waals surface area contributed by atoms with E-state index in [1.807, 2.05) is 42.5 Å². The average molecular weight is 380 g/mol. The van der Waals surface area contributed by atoms with Crippen LogP contribution in [0.2, 0.25) is 0 Å². The van der Waals surface area contributed by atoms with Gasteiger partial charge in [-0.25, -0.2) is 4.39 Å². The Morgan fingerprint density at radius 1 is 0.852 bits per heavy atom. The van der Waals surface area contributed by atoms with Crippen molar-refractivity contribution in [2.75, 3.05) is 6.54 Å². The molecular formula is C23H22FNOS. The van der Waals surface area contributed by atoms with Gasteiger partial charge in [-0.2, -0.15) is 0 Å². The van der Waals surface area contributed by atoms with Crippen LogP contribution in [-0.4, -0.2) is 12.5 Å². The summed E-state index contributed by atoms with van der Waals surface area (Å²) in [5.74, 6) is 0.553. The molecule has 2 nitrogen and oxygen atoms in total. The SMILES string of the molecule is O=C(NCCCc1ccc(F)cc1)c1ccccc1SCc1ccccc1. The summed E-state index contributed by atoms with van der Waals surface area (Å²) in [5.41, 5.74) is 3.02. The maximum atomic E-state index is 12.9. The molecule has 27 heavy (non-hydrogen) atoms. The van der Waals surface area contributed by atoms with Crippen molar-refractivity contribution in [1.29, 1.82) is 0 Å². The molecule has 0 bridgehead atoms. The summed E-state index contributed by atoms with van der Waals surface area (Å²) in [6, 6.07) is 24.4. The predicted octanol–water partition coefficient (Wildman–Crippen LogP) is 5.48. The third-order valence-corrected chi connectivity index (χ3v) is 5.35. The van der Waals surface area contributed by atoms with Crippen molar-refractivity contribution < 1.29 is 9.18 Å². The van der Waals surface area contributed by atoms with Crippen LogP contribution < -0.4 is 5.32 Å². The molecule has 1 amide bonds. The minimum absolute atomic E-state index is 0.0507. The van der Waals surface area contributed by atoms with Crippen LogP contribution in [0.1, 0.15) is 27.9 Å². The smallest absolute Gasteiger partial charge is 0.252 e. The summed E-state index contributed by atoms with van der Waals surface area (Å²) in [7, 11) is 0. The first-order valence-corrected chi connectivity index (χ1v) is 9.99. The number of carbonyl (C=O) groups excluding carboxylic acids is 1. The van der Waals surface area contributed by atoms with Gasteiger partial charge in [-0.05, 0) is 48.2 Å². The molecule has 3 aromatic rings. The van der Waals surface area contributed by atoms with Crippen molar-refractivity contribution in [1.82, 2.24) is 5.32 Å². The molecule has 138 valence electrons. The first-order valence-electron chi connectivity index (χ1n) is 9.01. The van der Waals surface area contributed by atoms with Crippen molar-refractivity contribution in [2.24, 2.45) is 0 Å². The highest BCUT2D eigenvalue weighted by atomic mass is 32.2. The number of amides is 1. The van der Waals surface area contributed by atoms with E-state index >= 15 is 0 Å². The second-order valence-corrected chi connectivity index (χ2v) is 7.27. The normalized spacial score (nSPS) is 10.6. The van der Waals surface area contributed by atoms with E-state index in [2.05, 4.69) is 17.4 Å². The second kappa shape index (κ2) is 9.93. The lowest BCUT2D eigenvalue weighted by molar-refractivity contribution is 0.0950. The molecule has 0 saturated heterocycles. The van der Waals surface area contributed by atoms with E-state index in [9.17, 15) is 9.18 Å². The highest BCUT2D eigenvalue weighted by molar-refractivity contribution is 7.98. The number of hydrogen-bond acceptors (Lipinski definition) is 2. The van der Waals surface area contributed by atoms with Crippen LogP contribution in [0.3, 0.4) is 0 Å². The number of rotatable bonds is 8. The van der Waals surface area contributed by atoms with Crippen molar-refractivity contribution in [3.05, 3.63) is 101 Å². The van der Waals surface area contributed by atoms with Gasteiger partial charge in [0, 0.05) is 17.2 Å². The fraction of sp³-hybridized carbons (Fsp3) is 0.174. The Kier molecular flexibility index (Phi) is 7.05. The van der Waals surface area contributed by atoms with Crippen LogP contribution in [-0.2, 0) is 12.2 Å². The zero-order chi connectivity index (χ0) is 18.9. The van der Waals surface area contributed by atoms with Gasteiger partial charge in [0.05, 0.1) is 5.56 Å². The molecule has 3 aromatic carbocycles. The lowest BCUT2D eigenvalue weighted by atomic mass is 10.1. The predicted molar refractivity (Wildman–Crippen MR) is 109 cm³/mol. The molecule has 0 saturated carbocycles. The van der Waals surface area contributed by atoms with Gasteiger partial charge in [0.1, 0.15) is 5.82 Å². The van der Waals surface area contributed by atoms with Gasteiger partial charge in [-0.15, -0.1) is 11.8 Å². The lowest BCUT2D eigenvalue weighted by Gasteiger charge is -2.10. The summed E-state index contributed by atoms with van der Waals surface area (Å²) in [5, 5.41) is 2.99. The minimum atomic E-state index is -0.225. The van der Waals surface area contributed by atoms with Gasteiger partial charge >= 0.3 is 0 Å². The molecule has 0 aromatic heterocycles. The first-order chi connectivity index (χ1) is 13.2. The second-order valence-electron chi connectivity index (χ2n) is 6.26. The van der Waals surface area contributed by atoms with Crippen LogP contribution >= 0.6 is 11.8 Å². The van der Waals surface area contributed by atoms with E-state index in [1.54, 1.807) is 23.9 Å². The molecule has 0 fully saturated rings. The Morgan fingerprint density at radius 3 is 2.33 bits per heavy atom. The van der Waals surface area contributed by atoms with E-state index in [1.165, 1.54) is 17.7 Å². The molecular weight excluding hydrogens is 357 g/mol. The number of benzene rings is 3. The largest absolute Gasteiger partial charge is 0.352 e. The zero-order valence-corrected chi connectivity index (χ0v) is 15.8. The topological polar surface area (TPSA) is 29.1 Å². The molecule has 0 atom stereocenters. The quantitative estimate of drug-likeness (QED) is 0.415. The molecule has 1 N–H and O–H groups in total. The molecule has 0 aliphatic carbocycles. The van der Waals surface area contributed by atoms with E-state index in [0.717, 1.165) is 29.1 Å². The van der Waals surface area contributed by atoms with Crippen molar-refractivity contribution in [2.45, 2.75) is 23.5 Å². The highest BCUT2D eigenvalue weighted by Gasteiger charge is 2.11. The molecule has 0 unspecified atom stereocenters. The highest BCUT2D eigenvalue weighted by Crippen LogP contribution is 2.26. The summed E-state index contributed by atoms with van der Waals surface area (Å²) < 4.78 is 12.9. The number of halogens is 1. The zero-order valence-electron chi connectivity index (χ0n) is 15.0. The molecule has 3 rings (SSSR count). The maximum Gasteiger partial charge on any atom is 0.252 e. The monoisotopic (exact) mass is 379 g/mol. The molecule has 0 radical (unpaired) electrons. The standard InChI is InChI=1S/C23H22FNOS/c24-20-14-12-18(13-15-20)9-6-16-25-23(26)21-10-4-5-11-22(21)27-17-19-7-2-1-3-8-19/h1-5,7-8,10-15H,6,9,16-17H2,(H,25,26). The average Bonchev–Trinajstić information content (AvgIpc) is 2.72. The number of carbonyl (C=O) groups is 1. The summed E-state index contributed by atoms with van der Waals surface area (Å²) >= 11 is 1.67. The third-order valence-electron chi connectivity index (χ3n) is 4.21. The van der Waals surface area contributed by atoms with Crippen LogP contribution in [0.5, 0.6) is 0 Å². The Labute approximate surface area is 163 Å². The van der Waals surface area contributed by atoms with Crippen LogP contribution in [0.15, 0.2) is 83.8 Å². The van der Waals surface area contributed by atoms with Gasteiger partial charge in [-0.1, -0.05) is 54.6 Å². The molecule has 0 aliphatic heterocycles. The molecule has 0 spiro atoms. The number of thioether (sulfide) groups is 1. The van der Waals surface area contributed by atoms with Gasteiger partial charge in [0.2, 0.25) is 0 Å². The molecule has 0 aliphatic rings. The van der Waals surface area contributed by atoms with Gasteiger partial charge < -0.3 is 5.32 Å². The molecule has 4 heteroatoms. The molecule has 0 heterocycles. The van der Waals surface area contributed by atoms with E-state index in [0.29, 0.717) is 12.1 Å². The van der Waals surface area contributed by atoms with Crippen molar-refractivity contribution >= 4 is 17.7 Å². The van der Waals surface area contributed by atoms with Crippen molar-refractivity contribution in [3.8, 4) is 0 Å². The lowest BCUT2D eigenvalue weighted by Crippen LogP contribution is -2.25. The minimum Gasteiger partial charge on any atom is -0.352 e. The Morgan fingerprint density at radius 2 is 1.56 bits per heavy atom. The Hall–Kier alpha value is -2.59. The van der Waals surface area contributed by atoms with Gasteiger partial charge in [0.15, 0.2) is 0 Å². The fourth-order valence-electron chi connectivity index (χ4n) is 2.76. The Balaban J connectivity index is 1.51. The van der Waals surface area contributed by atoms with E-state index in [-0.39, 0.29) is 11.7 Å².